The number of carbonyl (C=O) groups is 1. The van der Waals surface area contributed by atoms with Gasteiger partial charge >= 0.3 is 6.03 Å². The summed E-state index contributed by atoms with van der Waals surface area (Å²) < 4.78 is 18.4. The lowest BCUT2D eigenvalue weighted by molar-refractivity contribution is 0.189. The van der Waals surface area contributed by atoms with Crippen LogP contribution in [0, 0.1) is 17.1 Å². The first-order valence-electron chi connectivity index (χ1n) is 5.54. The van der Waals surface area contributed by atoms with Crippen LogP contribution < -0.4 is 10.6 Å². The number of halogens is 1. The zero-order valence-corrected chi connectivity index (χ0v) is 9.57. The van der Waals surface area contributed by atoms with E-state index in [9.17, 15) is 9.18 Å². The number of carbonyl (C=O) groups excluding carboxylic acids is 1. The first-order valence-corrected chi connectivity index (χ1v) is 5.54. The molecule has 1 saturated heterocycles. The van der Waals surface area contributed by atoms with E-state index in [1.165, 1.54) is 18.2 Å². The molecule has 94 valence electrons. The van der Waals surface area contributed by atoms with E-state index >= 15 is 0 Å². The van der Waals surface area contributed by atoms with Gasteiger partial charge in [0.2, 0.25) is 0 Å². The lowest BCUT2D eigenvalue weighted by atomic mass is 10.2. The predicted molar refractivity (Wildman–Crippen MR) is 62.5 cm³/mol. The van der Waals surface area contributed by atoms with E-state index in [0.717, 1.165) is 6.42 Å². The lowest BCUT2D eigenvalue weighted by Crippen LogP contribution is -2.38. The largest absolute Gasteiger partial charge is 0.379 e. The van der Waals surface area contributed by atoms with Gasteiger partial charge in [0.05, 0.1) is 18.3 Å². The summed E-state index contributed by atoms with van der Waals surface area (Å²) in [4.78, 5) is 11.6. The minimum atomic E-state index is -0.653. The molecule has 0 aliphatic carbocycles. The number of hydrogen-bond acceptors (Lipinski definition) is 3. The molecule has 18 heavy (non-hydrogen) atoms. The van der Waals surface area contributed by atoms with Crippen LogP contribution in [0.2, 0.25) is 0 Å². The molecule has 1 aliphatic heterocycles. The number of nitrogens with one attached hydrogen (secondary N) is 2. The van der Waals surface area contributed by atoms with E-state index in [0.29, 0.717) is 13.2 Å². The molecule has 6 heteroatoms. The zero-order chi connectivity index (χ0) is 13.0. The fraction of sp³-hybridized carbons (Fsp3) is 0.333. The summed E-state index contributed by atoms with van der Waals surface area (Å²) in [7, 11) is 0. The molecule has 0 saturated carbocycles. The van der Waals surface area contributed by atoms with Crippen molar-refractivity contribution >= 4 is 11.7 Å². The normalized spacial score (nSPS) is 18.1. The average molecular weight is 249 g/mol. The van der Waals surface area contributed by atoms with Gasteiger partial charge in [0.1, 0.15) is 17.4 Å². The molecule has 1 aromatic carbocycles. The zero-order valence-electron chi connectivity index (χ0n) is 9.57. The Labute approximate surface area is 104 Å². The number of benzene rings is 1. The van der Waals surface area contributed by atoms with Crippen LogP contribution in [-0.4, -0.2) is 25.3 Å². The van der Waals surface area contributed by atoms with E-state index in [1.807, 2.05) is 0 Å². The molecular weight excluding hydrogens is 237 g/mol. The number of ether oxygens (including phenoxy) is 1. The molecule has 1 aromatic rings. The SMILES string of the molecule is N#Cc1c(F)cccc1NC(=O)NC1CCOC1. The highest BCUT2D eigenvalue weighted by molar-refractivity contribution is 5.91. The van der Waals surface area contributed by atoms with Crippen molar-refractivity contribution in [3.63, 3.8) is 0 Å². The molecule has 1 atom stereocenters. The Hall–Kier alpha value is -2.13. The fourth-order valence-corrected chi connectivity index (χ4v) is 1.73. The quantitative estimate of drug-likeness (QED) is 0.836. The molecule has 5 nitrogen and oxygen atoms in total. The van der Waals surface area contributed by atoms with E-state index in [1.54, 1.807) is 6.07 Å². The standard InChI is InChI=1S/C12H12FN3O2/c13-10-2-1-3-11(9(10)6-14)16-12(17)15-8-4-5-18-7-8/h1-3,8H,4-5,7H2,(H2,15,16,17). The van der Waals surface area contributed by atoms with E-state index in [4.69, 9.17) is 10.00 Å². The van der Waals surface area contributed by atoms with Crippen molar-refractivity contribution in [1.82, 2.24) is 5.32 Å². The Balaban J connectivity index is 2.02. The summed E-state index contributed by atoms with van der Waals surface area (Å²) in [6, 6.07) is 5.30. The maximum atomic E-state index is 13.3. The van der Waals surface area contributed by atoms with Crippen LogP contribution in [0.4, 0.5) is 14.9 Å². The molecule has 0 bridgehead atoms. The molecule has 2 N–H and O–H groups in total. The topological polar surface area (TPSA) is 74.2 Å². The van der Waals surface area contributed by atoms with Gasteiger partial charge in [-0.1, -0.05) is 6.07 Å². The average Bonchev–Trinajstić information content (AvgIpc) is 2.82. The van der Waals surface area contributed by atoms with Crippen LogP contribution in [0.1, 0.15) is 12.0 Å². The Morgan fingerprint density at radius 2 is 2.39 bits per heavy atom. The second kappa shape index (κ2) is 5.47. The van der Waals surface area contributed by atoms with Gasteiger partial charge in [-0.05, 0) is 18.6 Å². The van der Waals surface area contributed by atoms with Gasteiger partial charge in [0.15, 0.2) is 0 Å². The van der Waals surface area contributed by atoms with Gasteiger partial charge in [0, 0.05) is 6.61 Å². The number of amides is 2. The van der Waals surface area contributed by atoms with Crippen molar-refractivity contribution in [2.24, 2.45) is 0 Å². The minimum Gasteiger partial charge on any atom is -0.379 e. The third-order valence-electron chi connectivity index (χ3n) is 2.64. The summed E-state index contributed by atoms with van der Waals surface area (Å²) in [5, 5.41) is 14.0. The molecule has 0 aromatic heterocycles. The van der Waals surface area contributed by atoms with Crippen molar-refractivity contribution in [3.05, 3.63) is 29.6 Å². The van der Waals surface area contributed by atoms with E-state index < -0.39 is 11.8 Å². The molecule has 0 radical (unpaired) electrons. The number of nitrogens with zero attached hydrogens (tertiary/aromatic N) is 1. The van der Waals surface area contributed by atoms with Gasteiger partial charge in [-0.2, -0.15) is 5.26 Å². The molecule has 1 aliphatic rings. The second-order valence-electron chi connectivity index (χ2n) is 3.93. The summed E-state index contributed by atoms with van der Waals surface area (Å²) in [6.07, 6.45) is 0.752. The number of hydrogen-bond donors (Lipinski definition) is 2. The number of anilines is 1. The molecule has 2 amide bonds. The Kier molecular flexibility index (Phi) is 3.75. The summed E-state index contributed by atoms with van der Waals surface area (Å²) in [5.74, 6) is -0.653. The van der Waals surface area contributed by atoms with Crippen LogP contribution in [0.15, 0.2) is 18.2 Å². The number of nitriles is 1. The highest BCUT2D eigenvalue weighted by Gasteiger charge is 2.18. The molecule has 1 unspecified atom stereocenters. The molecule has 1 heterocycles. The fourth-order valence-electron chi connectivity index (χ4n) is 1.73. The maximum absolute atomic E-state index is 13.3. The van der Waals surface area contributed by atoms with Crippen LogP contribution in [0.25, 0.3) is 0 Å². The third kappa shape index (κ3) is 2.76. The summed E-state index contributed by atoms with van der Waals surface area (Å²) >= 11 is 0. The van der Waals surface area contributed by atoms with Crippen molar-refractivity contribution in [2.75, 3.05) is 18.5 Å². The third-order valence-corrected chi connectivity index (χ3v) is 2.64. The Morgan fingerprint density at radius 1 is 1.56 bits per heavy atom. The monoisotopic (exact) mass is 249 g/mol. The van der Waals surface area contributed by atoms with Crippen LogP contribution in [0.5, 0.6) is 0 Å². The van der Waals surface area contributed by atoms with Crippen molar-refractivity contribution in [3.8, 4) is 6.07 Å². The summed E-state index contributed by atoms with van der Waals surface area (Å²) in [5.41, 5.74) is -0.00997. The molecule has 1 fully saturated rings. The van der Waals surface area contributed by atoms with E-state index in [2.05, 4.69) is 10.6 Å². The maximum Gasteiger partial charge on any atom is 0.319 e. The Bertz CT molecular complexity index is 493. The highest BCUT2D eigenvalue weighted by Crippen LogP contribution is 2.17. The van der Waals surface area contributed by atoms with Crippen LogP contribution >= 0.6 is 0 Å². The number of rotatable bonds is 2. The minimum absolute atomic E-state index is 0.0379. The van der Waals surface area contributed by atoms with Crippen LogP contribution in [0.3, 0.4) is 0 Å². The first-order chi connectivity index (χ1) is 8.70. The molecule has 0 spiro atoms. The summed E-state index contributed by atoms with van der Waals surface area (Å²) in [6.45, 7) is 1.09. The van der Waals surface area contributed by atoms with Crippen LogP contribution in [-0.2, 0) is 4.74 Å². The van der Waals surface area contributed by atoms with E-state index in [-0.39, 0.29) is 17.3 Å². The predicted octanol–water partition coefficient (Wildman–Crippen LogP) is 1.61. The highest BCUT2D eigenvalue weighted by atomic mass is 19.1. The van der Waals surface area contributed by atoms with Gasteiger partial charge in [-0.15, -0.1) is 0 Å². The lowest BCUT2D eigenvalue weighted by Gasteiger charge is -2.12. The Morgan fingerprint density at radius 3 is 3.06 bits per heavy atom. The number of urea groups is 1. The van der Waals surface area contributed by atoms with Gasteiger partial charge in [-0.25, -0.2) is 9.18 Å². The van der Waals surface area contributed by atoms with Crippen molar-refractivity contribution < 1.29 is 13.9 Å². The van der Waals surface area contributed by atoms with Gasteiger partial charge in [-0.3, -0.25) is 0 Å². The first kappa shape index (κ1) is 12.3. The second-order valence-corrected chi connectivity index (χ2v) is 3.93. The van der Waals surface area contributed by atoms with Gasteiger partial charge < -0.3 is 15.4 Å². The van der Waals surface area contributed by atoms with Gasteiger partial charge in [0.25, 0.3) is 0 Å². The molecular formula is C12H12FN3O2. The van der Waals surface area contributed by atoms with Crippen molar-refractivity contribution in [2.45, 2.75) is 12.5 Å². The molecule has 2 rings (SSSR count). The van der Waals surface area contributed by atoms with Crippen molar-refractivity contribution in [1.29, 1.82) is 5.26 Å². The smallest absolute Gasteiger partial charge is 0.319 e.